The van der Waals surface area contributed by atoms with E-state index in [-0.39, 0.29) is 0 Å². The van der Waals surface area contributed by atoms with E-state index in [2.05, 4.69) is 25.1 Å². The minimum Gasteiger partial charge on any atom is -0.493 e. The van der Waals surface area contributed by atoms with E-state index < -0.39 is 0 Å². The molecule has 108 valence electrons. The average Bonchev–Trinajstić information content (AvgIpc) is 2.48. The smallest absolute Gasteiger partial charge is 0.212 e. The lowest BCUT2D eigenvalue weighted by Gasteiger charge is -2.37. The minimum atomic E-state index is 0.789. The molecule has 1 aromatic carbocycles. The van der Waals surface area contributed by atoms with Gasteiger partial charge in [0, 0.05) is 12.0 Å². The van der Waals surface area contributed by atoms with E-state index >= 15 is 0 Å². The Labute approximate surface area is 122 Å². The maximum atomic E-state index is 5.40. The highest BCUT2D eigenvalue weighted by Crippen LogP contribution is 2.30. The minimum absolute atomic E-state index is 0.789. The van der Waals surface area contributed by atoms with Crippen LogP contribution in [0.25, 0.3) is 0 Å². The van der Waals surface area contributed by atoms with Crippen molar-refractivity contribution in [2.45, 2.75) is 19.4 Å². The molecule has 0 bridgehead atoms. The Bertz CT molecular complexity index is 450. The summed E-state index contributed by atoms with van der Waals surface area (Å²) in [7, 11) is 3.35. The van der Waals surface area contributed by atoms with Crippen LogP contribution in [0.5, 0.6) is 11.5 Å². The number of ether oxygens (including phenoxy) is 2. The number of methoxy groups -OCH3 is 2. The fourth-order valence-electron chi connectivity index (χ4n) is 3.04. The molecule has 1 heterocycles. The number of quaternary nitrogens is 1. The monoisotopic (exact) mass is 275 g/mol. The first-order valence-corrected chi connectivity index (χ1v) is 7.21. The number of benzene rings is 1. The van der Waals surface area contributed by atoms with Crippen LogP contribution in [0.15, 0.2) is 30.9 Å². The lowest BCUT2D eigenvalue weighted by molar-refractivity contribution is -0.935. The Balaban J connectivity index is 2.19. The standard InChI is InChI=1S/C17H25NO2/c1-4-10-18(11-6-5-7-12-18)14-15-8-9-16(19-2)17(13-15)20-3/h4,6,8-9,13H,1,5,7,10-12,14H2,2-3H3/q+2. The molecule has 20 heavy (non-hydrogen) atoms. The summed E-state index contributed by atoms with van der Waals surface area (Å²) in [5.41, 5.74) is 1.29. The maximum absolute atomic E-state index is 5.40. The molecule has 3 nitrogen and oxygen atoms in total. The van der Waals surface area contributed by atoms with Crippen molar-refractivity contribution in [2.75, 3.05) is 33.9 Å². The summed E-state index contributed by atoms with van der Waals surface area (Å²) in [5, 5.41) is 0. The molecule has 1 aromatic rings. The first-order chi connectivity index (χ1) is 9.73. The van der Waals surface area contributed by atoms with Crippen LogP contribution in [-0.2, 0) is 6.54 Å². The fourth-order valence-corrected chi connectivity index (χ4v) is 3.04. The van der Waals surface area contributed by atoms with E-state index in [0.717, 1.165) is 35.6 Å². The van der Waals surface area contributed by atoms with Crippen LogP contribution in [0.1, 0.15) is 18.4 Å². The second kappa shape index (κ2) is 6.71. The first kappa shape index (κ1) is 14.8. The average molecular weight is 275 g/mol. The molecule has 0 amide bonds. The van der Waals surface area contributed by atoms with Gasteiger partial charge in [0.1, 0.15) is 19.5 Å². The van der Waals surface area contributed by atoms with Gasteiger partial charge in [-0.25, -0.2) is 0 Å². The number of likely N-dealkylation sites (tertiary alicyclic amines) is 1. The molecule has 2 rings (SSSR count). The molecule has 0 spiro atoms. The van der Waals surface area contributed by atoms with Gasteiger partial charge in [-0.3, -0.25) is 4.48 Å². The van der Waals surface area contributed by atoms with Gasteiger partial charge in [0.05, 0.1) is 27.2 Å². The van der Waals surface area contributed by atoms with Crippen LogP contribution in [-0.4, -0.2) is 38.3 Å². The molecule has 1 saturated heterocycles. The van der Waals surface area contributed by atoms with E-state index in [0.29, 0.717) is 0 Å². The summed E-state index contributed by atoms with van der Waals surface area (Å²) in [6.45, 7) is 8.31. The summed E-state index contributed by atoms with van der Waals surface area (Å²) >= 11 is 0. The summed E-state index contributed by atoms with van der Waals surface area (Å²) in [6.07, 6.45) is 6.96. The van der Waals surface area contributed by atoms with Gasteiger partial charge in [-0.1, -0.05) is 6.58 Å². The molecule has 0 aliphatic carbocycles. The van der Waals surface area contributed by atoms with Crippen molar-refractivity contribution >= 4 is 0 Å². The molecule has 1 aliphatic rings. The van der Waals surface area contributed by atoms with Gasteiger partial charge in [0.15, 0.2) is 11.5 Å². The van der Waals surface area contributed by atoms with E-state index in [1.807, 2.05) is 12.1 Å². The molecule has 1 aliphatic heterocycles. The molecule has 0 radical (unpaired) electrons. The van der Waals surface area contributed by atoms with E-state index in [1.165, 1.54) is 24.9 Å². The van der Waals surface area contributed by atoms with Crippen molar-refractivity contribution in [3.8, 4) is 11.5 Å². The van der Waals surface area contributed by atoms with Crippen molar-refractivity contribution < 1.29 is 14.0 Å². The van der Waals surface area contributed by atoms with E-state index in [4.69, 9.17) is 9.47 Å². The largest absolute Gasteiger partial charge is 0.493 e. The van der Waals surface area contributed by atoms with Crippen LogP contribution in [0.2, 0.25) is 0 Å². The highest BCUT2D eigenvalue weighted by Gasteiger charge is 2.33. The number of piperidine rings is 1. The van der Waals surface area contributed by atoms with Gasteiger partial charge in [0.2, 0.25) is 6.54 Å². The summed E-state index contributed by atoms with van der Waals surface area (Å²) < 4.78 is 11.8. The number of hydrogen-bond acceptors (Lipinski definition) is 2. The Morgan fingerprint density at radius 2 is 2.10 bits per heavy atom. The van der Waals surface area contributed by atoms with E-state index in [9.17, 15) is 0 Å². The zero-order valence-corrected chi connectivity index (χ0v) is 12.6. The molecule has 3 heteroatoms. The Hall–Kier alpha value is -1.61. The van der Waals surface area contributed by atoms with Gasteiger partial charge in [-0.05, 0) is 24.3 Å². The third kappa shape index (κ3) is 3.28. The molecule has 0 N–H and O–H groups in total. The number of nitrogens with zero attached hydrogens (tertiary/aromatic N) is 1. The van der Waals surface area contributed by atoms with Crippen molar-refractivity contribution in [3.63, 3.8) is 0 Å². The predicted octanol–water partition coefficient (Wildman–Crippen LogP) is 3.20. The van der Waals surface area contributed by atoms with Gasteiger partial charge in [-0.2, -0.15) is 0 Å². The van der Waals surface area contributed by atoms with Crippen molar-refractivity contribution in [2.24, 2.45) is 0 Å². The molecule has 1 atom stereocenters. The second-order valence-corrected chi connectivity index (χ2v) is 5.50. The zero-order valence-electron chi connectivity index (χ0n) is 12.6. The molecular weight excluding hydrogens is 250 g/mol. The van der Waals surface area contributed by atoms with Gasteiger partial charge >= 0.3 is 0 Å². The summed E-state index contributed by atoms with van der Waals surface area (Å²) in [4.78, 5) is 0. The molecule has 0 aromatic heterocycles. The van der Waals surface area contributed by atoms with Gasteiger partial charge in [-0.15, -0.1) is 0 Å². The fraction of sp³-hybridized carbons (Fsp3) is 0.471. The summed E-state index contributed by atoms with van der Waals surface area (Å²) in [6, 6.07) is 6.22. The lowest BCUT2D eigenvalue weighted by Crippen LogP contribution is -2.50. The Kier molecular flexibility index (Phi) is 4.96. The van der Waals surface area contributed by atoms with Crippen LogP contribution in [0, 0.1) is 6.42 Å². The van der Waals surface area contributed by atoms with Crippen LogP contribution >= 0.6 is 0 Å². The maximum Gasteiger partial charge on any atom is 0.212 e. The Morgan fingerprint density at radius 3 is 2.70 bits per heavy atom. The lowest BCUT2D eigenvalue weighted by atomic mass is 10.0. The highest BCUT2D eigenvalue weighted by atomic mass is 16.5. The van der Waals surface area contributed by atoms with Crippen LogP contribution in [0.4, 0.5) is 0 Å². The first-order valence-electron chi connectivity index (χ1n) is 7.21. The van der Waals surface area contributed by atoms with Crippen molar-refractivity contribution in [3.05, 3.63) is 42.8 Å². The SMILES string of the molecule is C=CC[N+]1(Cc2ccc(OC)c(OC)c2)C[CH+]CCC1. The number of hydrogen-bond donors (Lipinski definition) is 0. The number of rotatable bonds is 6. The predicted molar refractivity (Wildman–Crippen MR) is 81.8 cm³/mol. The third-order valence-electron chi connectivity index (χ3n) is 4.04. The van der Waals surface area contributed by atoms with Crippen LogP contribution in [0.3, 0.4) is 0 Å². The van der Waals surface area contributed by atoms with Crippen molar-refractivity contribution in [1.82, 2.24) is 0 Å². The highest BCUT2D eigenvalue weighted by molar-refractivity contribution is 5.42. The topological polar surface area (TPSA) is 18.5 Å². The van der Waals surface area contributed by atoms with Crippen LogP contribution < -0.4 is 9.47 Å². The molecule has 0 saturated carbocycles. The molecule has 1 fully saturated rings. The van der Waals surface area contributed by atoms with Gasteiger partial charge in [0.25, 0.3) is 0 Å². The molecular formula is C17H25NO2+2. The van der Waals surface area contributed by atoms with Crippen molar-refractivity contribution in [1.29, 1.82) is 0 Å². The quantitative estimate of drug-likeness (QED) is 0.451. The molecule has 1 unspecified atom stereocenters. The third-order valence-corrected chi connectivity index (χ3v) is 4.04. The summed E-state index contributed by atoms with van der Waals surface area (Å²) in [5.74, 6) is 1.60. The van der Waals surface area contributed by atoms with E-state index in [1.54, 1.807) is 14.2 Å². The normalized spacial score (nSPS) is 21.9. The van der Waals surface area contributed by atoms with Gasteiger partial charge < -0.3 is 9.47 Å². The second-order valence-electron chi connectivity index (χ2n) is 5.50. The Morgan fingerprint density at radius 1 is 1.30 bits per heavy atom. The zero-order chi connectivity index (χ0) is 14.4.